The normalized spacial score (nSPS) is 18.0. The van der Waals surface area contributed by atoms with Gasteiger partial charge in [-0.1, -0.05) is 13.0 Å². The molecular weight excluding hydrogens is 286 g/mol. The van der Waals surface area contributed by atoms with Crippen LogP contribution in [-0.4, -0.2) is 37.4 Å². The van der Waals surface area contributed by atoms with Crippen molar-refractivity contribution in [2.24, 2.45) is 5.73 Å². The van der Waals surface area contributed by atoms with Crippen LogP contribution in [0.25, 0.3) is 0 Å². The van der Waals surface area contributed by atoms with E-state index in [1.807, 2.05) is 6.79 Å². The Morgan fingerprint density at radius 1 is 1.32 bits per heavy atom. The average molecular weight is 314 g/mol. The Kier molecular flexibility index (Phi) is 9.06. The summed E-state index contributed by atoms with van der Waals surface area (Å²) in [5, 5.41) is 0. The summed E-state index contributed by atoms with van der Waals surface area (Å²) in [6.45, 7) is 10.5. The maximum absolute atomic E-state index is 13.7. The second-order valence-corrected chi connectivity index (χ2v) is 5.76. The highest BCUT2D eigenvalue weighted by molar-refractivity contribution is 5.24. The Morgan fingerprint density at radius 3 is 2.41 bits per heavy atom. The topological polar surface area (TPSA) is 46.3 Å². The van der Waals surface area contributed by atoms with E-state index in [9.17, 15) is 8.78 Å². The minimum absolute atomic E-state index is 0.158. The number of benzene rings is 1. The fourth-order valence-electron chi connectivity index (χ4n) is 2.62. The minimum atomic E-state index is -0.500. The van der Waals surface area contributed by atoms with Gasteiger partial charge in [0.2, 0.25) is 0 Å². The van der Waals surface area contributed by atoms with Gasteiger partial charge in [-0.05, 0) is 51.9 Å². The van der Waals surface area contributed by atoms with Gasteiger partial charge >= 0.3 is 0 Å². The lowest BCUT2D eigenvalue weighted by molar-refractivity contribution is -0.0979. The maximum Gasteiger partial charge on any atom is 0.129 e. The van der Waals surface area contributed by atoms with Crippen molar-refractivity contribution in [3.05, 3.63) is 35.4 Å². The zero-order chi connectivity index (χ0) is 17.3. The fraction of sp³-hybridized carbons (Fsp3) is 0.588. The lowest BCUT2D eigenvalue weighted by Gasteiger charge is -2.34. The van der Waals surface area contributed by atoms with E-state index in [1.54, 1.807) is 6.07 Å². The van der Waals surface area contributed by atoms with Crippen molar-refractivity contribution in [2.75, 3.05) is 20.1 Å². The molecular formula is C17H28F2N2O. The van der Waals surface area contributed by atoms with Crippen LogP contribution in [0.15, 0.2) is 18.2 Å². The fourth-order valence-corrected chi connectivity index (χ4v) is 2.62. The molecule has 1 atom stereocenters. The van der Waals surface area contributed by atoms with Crippen LogP contribution in [0.5, 0.6) is 0 Å². The minimum Gasteiger partial charge on any atom is -0.333 e. The Hall–Kier alpha value is -1.33. The molecule has 0 bridgehead atoms. The number of hydrogen-bond donors (Lipinski definition) is 1. The Morgan fingerprint density at radius 2 is 1.91 bits per heavy atom. The standard InChI is InChI=1S/C15H21F2N.CH5N.CH2O/c1-4-15(2,3)18-8-7-11(10-18)13-6-5-12(16)9-14(13)17;2*1-2/h5-6,9,11H,4,7-8,10H2,1-3H3;2H2,1H3;1H2. The highest BCUT2D eigenvalue weighted by Gasteiger charge is 2.33. The SMILES string of the molecule is C=O.CCC(C)(C)N1CCC(c2ccc(F)cc2F)C1.CN. The third kappa shape index (κ3) is 5.14. The van der Waals surface area contributed by atoms with Gasteiger partial charge in [0.05, 0.1) is 0 Å². The lowest BCUT2D eigenvalue weighted by Crippen LogP contribution is -2.41. The molecule has 0 aromatic heterocycles. The number of nitrogens with zero attached hydrogens (tertiary/aromatic N) is 1. The van der Waals surface area contributed by atoms with Gasteiger partial charge in [0.15, 0.2) is 0 Å². The molecule has 0 aliphatic carbocycles. The van der Waals surface area contributed by atoms with Crippen LogP contribution in [0, 0.1) is 11.6 Å². The smallest absolute Gasteiger partial charge is 0.129 e. The summed E-state index contributed by atoms with van der Waals surface area (Å²) < 4.78 is 26.7. The molecule has 5 heteroatoms. The summed E-state index contributed by atoms with van der Waals surface area (Å²) in [5.41, 5.74) is 5.32. The zero-order valence-electron chi connectivity index (χ0n) is 14.0. The van der Waals surface area contributed by atoms with Crippen molar-refractivity contribution in [3.63, 3.8) is 0 Å². The van der Waals surface area contributed by atoms with Crippen molar-refractivity contribution in [2.45, 2.75) is 45.1 Å². The number of carbonyl (C=O) groups excluding carboxylic acids is 1. The van der Waals surface area contributed by atoms with Crippen LogP contribution in [0.1, 0.15) is 45.1 Å². The summed E-state index contributed by atoms with van der Waals surface area (Å²) in [5.74, 6) is -0.715. The first kappa shape index (κ1) is 20.7. The van der Waals surface area contributed by atoms with E-state index in [0.717, 1.165) is 32.0 Å². The largest absolute Gasteiger partial charge is 0.333 e. The van der Waals surface area contributed by atoms with E-state index >= 15 is 0 Å². The number of carbonyl (C=O) groups is 1. The number of rotatable bonds is 3. The number of halogens is 2. The van der Waals surface area contributed by atoms with Crippen LogP contribution in [0.4, 0.5) is 8.78 Å². The van der Waals surface area contributed by atoms with Crippen LogP contribution in [-0.2, 0) is 4.79 Å². The summed E-state index contributed by atoms with van der Waals surface area (Å²) >= 11 is 0. The molecule has 126 valence electrons. The van der Waals surface area contributed by atoms with Gasteiger partial charge in [0.25, 0.3) is 0 Å². The van der Waals surface area contributed by atoms with Gasteiger partial charge in [-0.3, -0.25) is 4.90 Å². The Balaban J connectivity index is 0.00000102. The molecule has 1 fully saturated rings. The van der Waals surface area contributed by atoms with Gasteiger partial charge in [-0.25, -0.2) is 8.78 Å². The van der Waals surface area contributed by atoms with Gasteiger partial charge in [-0.2, -0.15) is 0 Å². The molecule has 0 saturated carbocycles. The number of likely N-dealkylation sites (tertiary alicyclic amines) is 1. The zero-order valence-corrected chi connectivity index (χ0v) is 14.0. The quantitative estimate of drug-likeness (QED) is 0.931. The van der Waals surface area contributed by atoms with Crippen LogP contribution < -0.4 is 5.73 Å². The van der Waals surface area contributed by atoms with E-state index < -0.39 is 11.6 Å². The average Bonchev–Trinajstić information content (AvgIpc) is 3.02. The predicted molar refractivity (Wildman–Crippen MR) is 86.9 cm³/mol. The first-order valence-electron chi connectivity index (χ1n) is 7.50. The third-order valence-corrected chi connectivity index (χ3v) is 4.31. The molecule has 0 radical (unpaired) electrons. The summed E-state index contributed by atoms with van der Waals surface area (Å²) in [4.78, 5) is 10.4. The monoisotopic (exact) mass is 314 g/mol. The maximum atomic E-state index is 13.7. The molecule has 1 unspecified atom stereocenters. The van der Waals surface area contributed by atoms with Crippen molar-refractivity contribution >= 4 is 6.79 Å². The van der Waals surface area contributed by atoms with Gasteiger partial charge in [0.1, 0.15) is 18.4 Å². The molecule has 1 aliphatic heterocycles. The molecule has 2 N–H and O–H groups in total. The second kappa shape index (κ2) is 9.64. The molecule has 1 aromatic rings. The van der Waals surface area contributed by atoms with Crippen LogP contribution in [0.3, 0.4) is 0 Å². The summed E-state index contributed by atoms with van der Waals surface area (Å²) in [6.07, 6.45) is 2.03. The molecule has 1 aliphatic rings. The first-order valence-corrected chi connectivity index (χ1v) is 7.50. The third-order valence-electron chi connectivity index (χ3n) is 4.31. The number of nitrogens with two attached hydrogens (primary N) is 1. The molecule has 22 heavy (non-hydrogen) atoms. The van der Waals surface area contributed by atoms with Gasteiger partial charge < -0.3 is 10.5 Å². The second-order valence-electron chi connectivity index (χ2n) is 5.76. The first-order chi connectivity index (χ1) is 10.4. The molecule has 0 spiro atoms. The molecule has 0 amide bonds. The van der Waals surface area contributed by atoms with Crippen molar-refractivity contribution in [1.82, 2.24) is 4.90 Å². The molecule has 2 rings (SSSR count). The molecule has 1 aromatic carbocycles. The van der Waals surface area contributed by atoms with Crippen LogP contribution in [0.2, 0.25) is 0 Å². The van der Waals surface area contributed by atoms with E-state index in [2.05, 4.69) is 31.4 Å². The Bertz CT molecular complexity index is 452. The van der Waals surface area contributed by atoms with Crippen molar-refractivity contribution < 1.29 is 13.6 Å². The van der Waals surface area contributed by atoms with Crippen molar-refractivity contribution in [3.8, 4) is 0 Å². The van der Waals surface area contributed by atoms with Gasteiger partial charge in [-0.15, -0.1) is 0 Å². The van der Waals surface area contributed by atoms with Crippen molar-refractivity contribution in [1.29, 1.82) is 0 Å². The number of hydrogen-bond acceptors (Lipinski definition) is 3. The molecule has 1 heterocycles. The van der Waals surface area contributed by atoms with Gasteiger partial charge in [0, 0.05) is 24.1 Å². The van der Waals surface area contributed by atoms with Crippen LogP contribution >= 0.6 is 0 Å². The molecule has 1 saturated heterocycles. The highest BCUT2D eigenvalue weighted by Crippen LogP contribution is 2.34. The molecule has 3 nitrogen and oxygen atoms in total. The highest BCUT2D eigenvalue weighted by atomic mass is 19.1. The lowest BCUT2D eigenvalue weighted by atomic mass is 9.97. The van der Waals surface area contributed by atoms with E-state index in [0.29, 0.717) is 5.56 Å². The summed E-state index contributed by atoms with van der Waals surface area (Å²) in [7, 11) is 1.50. The predicted octanol–water partition coefficient (Wildman–Crippen LogP) is 3.33. The van der Waals surface area contributed by atoms with E-state index in [-0.39, 0.29) is 11.5 Å². The Labute approximate surface area is 132 Å². The van der Waals surface area contributed by atoms with E-state index in [4.69, 9.17) is 4.79 Å². The van der Waals surface area contributed by atoms with E-state index in [1.165, 1.54) is 13.1 Å². The summed E-state index contributed by atoms with van der Waals surface area (Å²) in [6, 6.07) is 3.94.